The molecule has 0 radical (unpaired) electrons. The number of nitrogens with zero attached hydrogens (tertiary/aromatic N) is 5. The molecular weight excluding hydrogens is 433 g/mol. The van der Waals surface area contributed by atoms with Crippen LogP contribution in [0, 0.1) is 24.3 Å². The number of rotatable bonds is 5. The van der Waals surface area contributed by atoms with Gasteiger partial charge in [0.2, 0.25) is 0 Å². The molecule has 1 aliphatic heterocycles. The van der Waals surface area contributed by atoms with E-state index in [2.05, 4.69) is 20.9 Å². The molecule has 3 atom stereocenters. The van der Waals surface area contributed by atoms with Crippen molar-refractivity contribution in [3.8, 4) is 12.3 Å². The normalized spacial score (nSPS) is 22.5. The molecular formula is C22H28FN5O5. The molecule has 0 spiro atoms. The van der Waals surface area contributed by atoms with E-state index >= 15 is 0 Å². The summed E-state index contributed by atoms with van der Waals surface area (Å²) < 4.78 is 32.5. The van der Waals surface area contributed by atoms with Crippen LogP contribution in [0.2, 0.25) is 0 Å². The Morgan fingerprint density at radius 3 is 2.39 bits per heavy atom. The largest absolute Gasteiger partial charge is 0.446 e. The smallest absolute Gasteiger partial charge is 0.425 e. The third kappa shape index (κ3) is 4.61. The third-order valence-electron chi connectivity index (χ3n) is 5.40. The molecule has 10 nitrogen and oxygen atoms in total. The van der Waals surface area contributed by atoms with Gasteiger partial charge in [-0.2, -0.15) is 19.3 Å². The van der Waals surface area contributed by atoms with E-state index in [1.54, 1.807) is 27.7 Å². The van der Waals surface area contributed by atoms with Gasteiger partial charge in [-0.3, -0.25) is 4.57 Å². The van der Waals surface area contributed by atoms with Gasteiger partial charge in [-0.15, -0.1) is 6.42 Å². The molecule has 0 N–H and O–H groups in total. The van der Waals surface area contributed by atoms with Crippen molar-refractivity contribution in [3.63, 3.8) is 0 Å². The highest BCUT2D eigenvalue weighted by Gasteiger charge is 2.45. The predicted octanol–water partition coefficient (Wildman–Crippen LogP) is 4.20. The summed E-state index contributed by atoms with van der Waals surface area (Å²) in [5.74, 6) is 2.37. The number of amides is 2. The second-order valence-electron chi connectivity index (χ2n) is 8.44. The SMILES string of the molecule is C#C[C@]1(CC)O[C@@H](n2cnc3c(N(C(=O)OC(C)C)C(=O)OC(C)C)nc(F)nc32)C[C@@H]1C. The lowest BCUT2D eigenvalue weighted by Gasteiger charge is -2.25. The number of terminal acetylenes is 1. The summed E-state index contributed by atoms with van der Waals surface area (Å²) in [5, 5.41) is 0. The van der Waals surface area contributed by atoms with Crippen LogP contribution >= 0.6 is 0 Å². The van der Waals surface area contributed by atoms with Crippen molar-refractivity contribution in [2.45, 2.75) is 78.4 Å². The first-order chi connectivity index (χ1) is 15.5. The quantitative estimate of drug-likeness (QED) is 0.481. The van der Waals surface area contributed by atoms with E-state index in [0.717, 1.165) is 0 Å². The molecule has 178 valence electrons. The first-order valence-corrected chi connectivity index (χ1v) is 10.8. The first kappa shape index (κ1) is 24.4. The van der Waals surface area contributed by atoms with E-state index in [1.807, 2.05) is 13.8 Å². The van der Waals surface area contributed by atoms with Crippen molar-refractivity contribution in [1.29, 1.82) is 0 Å². The van der Waals surface area contributed by atoms with Crippen molar-refractivity contribution in [2.75, 3.05) is 4.90 Å². The van der Waals surface area contributed by atoms with Crippen LogP contribution < -0.4 is 4.90 Å². The summed E-state index contributed by atoms with van der Waals surface area (Å²) in [6, 6.07) is 0. The molecule has 3 heterocycles. The van der Waals surface area contributed by atoms with Crippen LogP contribution in [-0.4, -0.2) is 49.5 Å². The highest BCUT2D eigenvalue weighted by Crippen LogP contribution is 2.43. The average molecular weight is 461 g/mol. The number of imide groups is 1. The molecule has 2 aromatic rings. The Kier molecular flexibility index (Phi) is 6.88. The lowest BCUT2D eigenvalue weighted by molar-refractivity contribution is -0.0465. The van der Waals surface area contributed by atoms with Crippen molar-refractivity contribution in [3.05, 3.63) is 12.4 Å². The second-order valence-corrected chi connectivity index (χ2v) is 8.44. The minimum Gasteiger partial charge on any atom is -0.446 e. The highest BCUT2D eigenvalue weighted by molar-refractivity contribution is 6.12. The fourth-order valence-electron chi connectivity index (χ4n) is 3.78. The van der Waals surface area contributed by atoms with Gasteiger partial charge in [-0.25, -0.2) is 14.6 Å². The fraction of sp³-hybridized carbons (Fsp3) is 0.591. The number of carbonyl (C=O) groups excluding carboxylic acids is 2. The van der Waals surface area contributed by atoms with Gasteiger partial charge in [0, 0.05) is 5.92 Å². The maximum absolute atomic E-state index is 14.5. The van der Waals surface area contributed by atoms with Crippen molar-refractivity contribution in [2.24, 2.45) is 5.92 Å². The number of anilines is 1. The van der Waals surface area contributed by atoms with Crippen LogP contribution in [0.1, 0.15) is 60.6 Å². The van der Waals surface area contributed by atoms with Crippen LogP contribution in [0.3, 0.4) is 0 Å². The van der Waals surface area contributed by atoms with Gasteiger partial charge in [-0.1, -0.05) is 19.8 Å². The predicted molar refractivity (Wildman–Crippen MR) is 117 cm³/mol. The van der Waals surface area contributed by atoms with E-state index in [-0.39, 0.29) is 17.1 Å². The third-order valence-corrected chi connectivity index (χ3v) is 5.40. The van der Waals surface area contributed by atoms with E-state index in [4.69, 9.17) is 20.6 Å². The van der Waals surface area contributed by atoms with Gasteiger partial charge in [0.25, 0.3) is 0 Å². The molecule has 1 aliphatic rings. The Morgan fingerprint density at radius 2 is 1.91 bits per heavy atom. The number of hydrogen-bond donors (Lipinski definition) is 0. The number of hydrogen-bond acceptors (Lipinski definition) is 8. The topological polar surface area (TPSA) is 109 Å². The summed E-state index contributed by atoms with van der Waals surface area (Å²) in [7, 11) is 0. The number of carbonyl (C=O) groups is 2. The molecule has 11 heteroatoms. The molecule has 0 bridgehead atoms. The van der Waals surface area contributed by atoms with Crippen LogP contribution in [0.25, 0.3) is 11.2 Å². The minimum atomic E-state index is -1.16. The van der Waals surface area contributed by atoms with E-state index in [0.29, 0.717) is 17.7 Å². The Morgan fingerprint density at radius 1 is 1.30 bits per heavy atom. The molecule has 0 unspecified atom stereocenters. The van der Waals surface area contributed by atoms with Crippen LogP contribution in [0.4, 0.5) is 19.8 Å². The molecule has 0 aromatic carbocycles. The highest BCUT2D eigenvalue weighted by atomic mass is 19.1. The maximum Gasteiger partial charge on any atom is 0.425 e. The van der Waals surface area contributed by atoms with Gasteiger partial charge in [-0.05, 0) is 40.5 Å². The van der Waals surface area contributed by atoms with Gasteiger partial charge in [0.1, 0.15) is 11.8 Å². The molecule has 1 fully saturated rings. The van der Waals surface area contributed by atoms with Gasteiger partial charge in [0.15, 0.2) is 17.0 Å². The summed E-state index contributed by atoms with van der Waals surface area (Å²) in [6.07, 6.45) is 3.28. The first-order valence-electron chi connectivity index (χ1n) is 10.8. The molecule has 0 saturated carbocycles. The zero-order valence-electron chi connectivity index (χ0n) is 19.5. The fourth-order valence-corrected chi connectivity index (χ4v) is 3.78. The van der Waals surface area contributed by atoms with Crippen molar-refractivity contribution >= 4 is 29.2 Å². The summed E-state index contributed by atoms with van der Waals surface area (Å²) in [4.78, 5) is 37.8. The Balaban J connectivity index is 2.10. The van der Waals surface area contributed by atoms with Gasteiger partial charge in [0.05, 0.1) is 18.5 Å². The Labute approximate surface area is 191 Å². The second kappa shape index (κ2) is 9.31. The molecule has 33 heavy (non-hydrogen) atoms. The number of ether oxygens (including phenoxy) is 3. The van der Waals surface area contributed by atoms with Crippen LogP contribution in [0.5, 0.6) is 0 Å². The van der Waals surface area contributed by atoms with E-state index in [1.165, 1.54) is 10.9 Å². The molecule has 0 aliphatic carbocycles. The Hall–Kier alpha value is -3.26. The van der Waals surface area contributed by atoms with Crippen LogP contribution in [-0.2, 0) is 14.2 Å². The summed E-state index contributed by atoms with van der Waals surface area (Å²) >= 11 is 0. The lowest BCUT2D eigenvalue weighted by Crippen LogP contribution is -2.41. The average Bonchev–Trinajstić information content (AvgIpc) is 3.27. The van der Waals surface area contributed by atoms with E-state index in [9.17, 15) is 14.0 Å². The molecule has 2 amide bonds. The molecule has 2 aromatic heterocycles. The zero-order chi connectivity index (χ0) is 24.5. The van der Waals surface area contributed by atoms with Gasteiger partial charge >= 0.3 is 18.3 Å². The molecule has 1 saturated heterocycles. The van der Waals surface area contributed by atoms with Gasteiger partial charge < -0.3 is 14.2 Å². The van der Waals surface area contributed by atoms with E-state index < -0.39 is 48.1 Å². The summed E-state index contributed by atoms with van der Waals surface area (Å²) in [5.41, 5.74) is -0.730. The van der Waals surface area contributed by atoms with Crippen molar-refractivity contribution < 1.29 is 28.2 Å². The number of fused-ring (bicyclic) bond motifs is 1. The van der Waals surface area contributed by atoms with Crippen molar-refractivity contribution in [1.82, 2.24) is 19.5 Å². The maximum atomic E-state index is 14.5. The molecule has 3 rings (SSSR count). The Bertz CT molecular complexity index is 1070. The number of halogens is 1. The number of imidazole rings is 1. The zero-order valence-corrected chi connectivity index (χ0v) is 19.5. The summed E-state index contributed by atoms with van der Waals surface area (Å²) in [6.45, 7) is 10.4. The minimum absolute atomic E-state index is 0.00349. The monoisotopic (exact) mass is 461 g/mol. The lowest BCUT2D eigenvalue weighted by atomic mass is 9.87. The standard InChI is InChI=1S/C22H28FN5O5/c1-8-22(9-2)14(7)10-15(33-22)27-11-24-16-17(27)25-19(23)26-18(16)28(20(29)31-12(3)4)21(30)32-13(5)6/h1,11-15H,9-10H2,2-7H3/t14-,15+,22+/m0/s1. The van der Waals surface area contributed by atoms with Crippen LogP contribution in [0.15, 0.2) is 6.33 Å². The number of aromatic nitrogens is 4.